The van der Waals surface area contributed by atoms with E-state index in [9.17, 15) is 14.4 Å². The molecular formula is C28H32N2O5. The van der Waals surface area contributed by atoms with Gasteiger partial charge in [0, 0.05) is 31.0 Å². The summed E-state index contributed by atoms with van der Waals surface area (Å²) in [7, 11) is 0. The minimum atomic E-state index is -0.858. The second-order valence-corrected chi connectivity index (χ2v) is 10.0. The van der Waals surface area contributed by atoms with Gasteiger partial charge in [-0.2, -0.15) is 0 Å². The van der Waals surface area contributed by atoms with E-state index in [1.54, 1.807) is 4.90 Å². The van der Waals surface area contributed by atoms with Gasteiger partial charge in [0.05, 0.1) is 6.42 Å². The SMILES string of the molecule is O=C(O)CC1CCCN1C(=O)C[C@H]1CC[C@@H](NC(=O)OCC2c3ccccc3-c3ccccc32)C1. The molecule has 3 atom stereocenters. The van der Waals surface area contributed by atoms with Crippen LogP contribution >= 0.6 is 0 Å². The van der Waals surface area contributed by atoms with Crippen LogP contribution in [0.1, 0.15) is 62.0 Å². The third-order valence-corrected chi connectivity index (χ3v) is 7.78. The number of carbonyl (C=O) groups excluding carboxylic acids is 2. The van der Waals surface area contributed by atoms with Crippen molar-refractivity contribution >= 4 is 18.0 Å². The predicted molar refractivity (Wildman–Crippen MR) is 131 cm³/mol. The fourth-order valence-corrected chi connectivity index (χ4v) is 6.14. The van der Waals surface area contributed by atoms with Crippen molar-refractivity contribution in [1.29, 1.82) is 0 Å². The number of benzene rings is 2. The van der Waals surface area contributed by atoms with E-state index in [4.69, 9.17) is 9.84 Å². The molecule has 0 bridgehead atoms. The standard InChI is InChI=1S/C28H32N2O5/c31-26(30-13-5-6-20(30)16-27(32)33)15-18-11-12-19(14-18)29-28(34)35-17-25-23-9-3-1-7-21(23)22-8-2-4-10-24(22)25/h1-4,7-10,18-20,25H,5-6,11-17H2,(H,29,34)(H,32,33)/t18-,19+,20?/m0/s1. The minimum Gasteiger partial charge on any atom is -0.481 e. The largest absolute Gasteiger partial charge is 0.481 e. The van der Waals surface area contributed by atoms with Crippen LogP contribution < -0.4 is 5.32 Å². The summed E-state index contributed by atoms with van der Waals surface area (Å²) in [5.41, 5.74) is 4.76. The Hall–Kier alpha value is -3.35. The molecule has 7 heteroatoms. The number of carboxylic acids is 1. The molecule has 35 heavy (non-hydrogen) atoms. The van der Waals surface area contributed by atoms with Crippen LogP contribution in [0.4, 0.5) is 4.79 Å². The van der Waals surface area contributed by atoms with Crippen LogP contribution in [0, 0.1) is 5.92 Å². The third kappa shape index (κ3) is 5.04. The Balaban J connectivity index is 1.11. The Morgan fingerprint density at radius 1 is 0.943 bits per heavy atom. The molecule has 0 spiro atoms. The summed E-state index contributed by atoms with van der Waals surface area (Å²) in [6.07, 6.45) is 4.08. The summed E-state index contributed by atoms with van der Waals surface area (Å²) >= 11 is 0. The van der Waals surface area contributed by atoms with Crippen LogP contribution in [-0.4, -0.2) is 53.2 Å². The summed E-state index contributed by atoms with van der Waals surface area (Å²) in [4.78, 5) is 38.2. The summed E-state index contributed by atoms with van der Waals surface area (Å²) < 4.78 is 5.67. The average Bonchev–Trinajstić information content (AvgIpc) is 3.55. The molecule has 1 aliphatic heterocycles. The normalized spacial score (nSPS) is 23.1. The van der Waals surface area contributed by atoms with Crippen LogP contribution in [0.15, 0.2) is 48.5 Å². The lowest BCUT2D eigenvalue weighted by Gasteiger charge is -2.25. The number of rotatable bonds is 7. The summed E-state index contributed by atoms with van der Waals surface area (Å²) in [6, 6.07) is 16.3. The van der Waals surface area contributed by atoms with Gasteiger partial charge in [0.2, 0.25) is 5.91 Å². The van der Waals surface area contributed by atoms with E-state index in [1.165, 1.54) is 22.3 Å². The molecule has 0 radical (unpaired) electrons. The van der Waals surface area contributed by atoms with E-state index in [2.05, 4.69) is 29.6 Å². The van der Waals surface area contributed by atoms with Crippen molar-refractivity contribution in [2.24, 2.45) is 5.92 Å². The molecule has 2 fully saturated rings. The lowest BCUT2D eigenvalue weighted by molar-refractivity contribution is -0.140. The molecule has 1 unspecified atom stereocenters. The molecule has 5 rings (SSSR count). The highest BCUT2D eigenvalue weighted by Gasteiger charge is 2.34. The van der Waals surface area contributed by atoms with Crippen LogP contribution in [0.5, 0.6) is 0 Å². The van der Waals surface area contributed by atoms with E-state index < -0.39 is 12.1 Å². The molecule has 0 aromatic heterocycles. The number of amides is 2. The Morgan fingerprint density at radius 3 is 2.31 bits per heavy atom. The van der Waals surface area contributed by atoms with E-state index >= 15 is 0 Å². The average molecular weight is 477 g/mol. The highest BCUT2D eigenvalue weighted by Crippen LogP contribution is 2.44. The van der Waals surface area contributed by atoms with Crippen molar-refractivity contribution in [1.82, 2.24) is 10.2 Å². The van der Waals surface area contributed by atoms with Crippen LogP contribution in [0.3, 0.4) is 0 Å². The number of fused-ring (bicyclic) bond motifs is 3. The molecule has 2 amide bonds. The topological polar surface area (TPSA) is 95.9 Å². The van der Waals surface area contributed by atoms with Crippen molar-refractivity contribution in [2.45, 2.75) is 62.9 Å². The highest BCUT2D eigenvalue weighted by molar-refractivity contribution is 5.79. The number of carboxylic acid groups (broad SMARTS) is 1. The molecule has 3 aliphatic rings. The zero-order valence-electron chi connectivity index (χ0n) is 19.8. The zero-order chi connectivity index (χ0) is 24.4. The maximum Gasteiger partial charge on any atom is 0.407 e. The first-order chi connectivity index (χ1) is 17.0. The van der Waals surface area contributed by atoms with E-state index in [1.807, 2.05) is 24.3 Å². The van der Waals surface area contributed by atoms with E-state index in [0.29, 0.717) is 13.0 Å². The summed E-state index contributed by atoms with van der Waals surface area (Å²) in [5.74, 6) is -0.586. The van der Waals surface area contributed by atoms with Gasteiger partial charge in [-0.15, -0.1) is 0 Å². The molecule has 2 aromatic carbocycles. The second-order valence-electron chi connectivity index (χ2n) is 10.0. The van der Waals surface area contributed by atoms with Gasteiger partial charge in [0.15, 0.2) is 0 Å². The van der Waals surface area contributed by atoms with Crippen LogP contribution in [0.2, 0.25) is 0 Å². The number of aliphatic carboxylic acids is 1. The Morgan fingerprint density at radius 2 is 1.63 bits per heavy atom. The van der Waals surface area contributed by atoms with Gasteiger partial charge in [-0.1, -0.05) is 48.5 Å². The second kappa shape index (κ2) is 10.1. The minimum absolute atomic E-state index is 0.00292. The van der Waals surface area contributed by atoms with Crippen molar-refractivity contribution in [3.63, 3.8) is 0 Å². The van der Waals surface area contributed by atoms with Gasteiger partial charge in [-0.05, 0) is 60.3 Å². The smallest absolute Gasteiger partial charge is 0.407 e. The quantitative estimate of drug-likeness (QED) is 0.611. The summed E-state index contributed by atoms with van der Waals surface area (Å²) in [6.45, 7) is 0.930. The third-order valence-electron chi connectivity index (χ3n) is 7.78. The molecular weight excluding hydrogens is 444 g/mol. The van der Waals surface area contributed by atoms with Crippen molar-refractivity contribution < 1.29 is 24.2 Å². The first-order valence-electron chi connectivity index (χ1n) is 12.6. The van der Waals surface area contributed by atoms with Gasteiger partial charge < -0.3 is 20.1 Å². The number of alkyl carbamates (subject to hydrolysis) is 1. The molecule has 7 nitrogen and oxygen atoms in total. The number of nitrogens with one attached hydrogen (secondary N) is 1. The number of likely N-dealkylation sites (tertiary alicyclic amines) is 1. The lowest BCUT2D eigenvalue weighted by atomic mass is 9.98. The van der Waals surface area contributed by atoms with E-state index in [-0.39, 0.29) is 42.9 Å². The molecule has 1 saturated carbocycles. The fraction of sp³-hybridized carbons (Fsp3) is 0.464. The fourth-order valence-electron chi connectivity index (χ4n) is 6.14. The first-order valence-corrected chi connectivity index (χ1v) is 12.6. The van der Waals surface area contributed by atoms with Crippen molar-refractivity contribution in [2.75, 3.05) is 13.2 Å². The molecule has 2 aliphatic carbocycles. The lowest BCUT2D eigenvalue weighted by Crippen LogP contribution is -2.38. The Kier molecular flexibility index (Phi) is 6.75. The van der Waals surface area contributed by atoms with Crippen molar-refractivity contribution in [3.8, 4) is 11.1 Å². The zero-order valence-corrected chi connectivity index (χ0v) is 19.8. The molecule has 184 valence electrons. The summed E-state index contributed by atoms with van der Waals surface area (Å²) in [5, 5.41) is 12.1. The monoisotopic (exact) mass is 476 g/mol. The number of hydrogen-bond acceptors (Lipinski definition) is 4. The number of ether oxygens (including phenoxy) is 1. The molecule has 1 heterocycles. The maximum absolute atomic E-state index is 12.8. The van der Waals surface area contributed by atoms with Crippen LogP contribution in [0.25, 0.3) is 11.1 Å². The molecule has 2 N–H and O–H groups in total. The van der Waals surface area contributed by atoms with Crippen LogP contribution in [-0.2, 0) is 14.3 Å². The molecule has 2 aromatic rings. The molecule has 1 saturated heterocycles. The van der Waals surface area contributed by atoms with Gasteiger partial charge in [0.25, 0.3) is 0 Å². The Labute approximate surface area is 205 Å². The maximum atomic E-state index is 12.8. The highest BCUT2D eigenvalue weighted by atomic mass is 16.5. The van der Waals surface area contributed by atoms with E-state index in [0.717, 1.165) is 32.1 Å². The predicted octanol–water partition coefficient (Wildman–Crippen LogP) is 4.55. The van der Waals surface area contributed by atoms with Crippen molar-refractivity contribution in [3.05, 3.63) is 59.7 Å². The first kappa shape index (κ1) is 23.4. The van der Waals surface area contributed by atoms with Gasteiger partial charge in [-0.3, -0.25) is 9.59 Å². The number of hydrogen-bond donors (Lipinski definition) is 2. The van der Waals surface area contributed by atoms with Gasteiger partial charge >= 0.3 is 12.1 Å². The van der Waals surface area contributed by atoms with Gasteiger partial charge in [-0.25, -0.2) is 4.79 Å². The number of carbonyl (C=O) groups is 3. The number of nitrogens with zero attached hydrogens (tertiary/aromatic N) is 1. The van der Waals surface area contributed by atoms with Gasteiger partial charge in [0.1, 0.15) is 6.61 Å². The Bertz CT molecular complexity index is 1070.